The zero-order chi connectivity index (χ0) is 16.4. The van der Waals surface area contributed by atoms with Crippen molar-refractivity contribution in [2.75, 3.05) is 24.3 Å². The van der Waals surface area contributed by atoms with Gasteiger partial charge in [0.2, 0.25) is 0 Å². The molecule has 0 saturated heterocycles. The number of hydrogen-bond donors (Lipinski definition) is 1. The maximum atomic E-state index is 12.6. The lowest BCUT2D eigenvalue weighted by Gasteiger charge is -2.13. The van der Waals surface area contributed by atoms with E-state index in [2.05, 4.69) is 10.3 Å². The molecule has 0 aliphatic carbocycles. The lowest BCUT2D eigenvalue weighted by molar-refractivity contribution is 0.102. The van der Waals surface area contributed by atoms with Gasteiger partial charge >= 0.3 is 0 Å². The number of carbonyl (C=O) groups is 1. The highest BCUT2D eigenvalue weighted by atomic mass is 35.5. The van der Waals surface area contributed by atoms with Gasteiger partial charge in [-0.15, -0.1) is 0 Å². The number of halogens is 1. The maximum absolute atomic E-state index is 12.6. The third kappa shape index (κ3) is 3.27. The smallest absolute Gasteiger partial charge is 0.255 e. The van der Waals surface area contributed by atoms with Gasteiger partial charge in [-0.25, -0.2) is 4.98 Å². The van der Waals surface area contributed by atoms with Crippen LogP contribution >= 0.6 is 11.6 Å². The Bertz CT molecular complexity index is 872. The number of benzene rings is 2. The van der Waals surface area contributed by atoms with E-state index in [0.717, 1.165) is 16.5 Å². The van der Waals surface area contributed by atoms with Crippen molar-refractivity contribution in [3.05, 3.63) is 65.3 Å². The summed E-state index contributed by atoms with van der Waals surface area (Å²) in [6.45, 7) is 0. The molecular weight excluding hydrogens is 310 g/mol. The molecule has 0 aliphatic heterocycles. The van der Waals surface area contributed by atoms with Crippen LogP contribution in [0.5, 0.6) is 0 Å². The van der Waals surface area contributed by atoms with Crippen LogP contribution in [0.3, 0.4) is 0 Å². The Hall–Kier alpha value is -2.59. The second kappa shape index (κ2) is 6.26. The second-order valence-electron chi connectivity index (χ2n) is 5.41. The van der Waals surface area contributed by atoms with E-state index in [1.54, 1.807) is 17.0 Å². The third-order valence-corrected chi connectivity index (χ3v) is 3.73. The first-order valence-corrected chi connectivity index (χ1v) is 7.56. The molecule has 1 heterocycles. The lowest BCUT2D eigenvalue weighted by Crippen LogP contribution is -2.15. The van der Waals surface area contributed by atoms with Crippen LogP contribution in [0.1, 0.15) is 10.4 Å². The van der Waals surface area contributed by atoms with Gasteiger partial charge in [0.15, 0.2) is 0 Å². The van der Waals surface area contributed by atoms with E-state index in [1.807, 2.05) is 56.6 Å². The number of carbonyl (C=O) groups excluding carboxylic acids is 1. The lowest BCUT2D eigenvalue weighted by atomic mass is 10.1. The normalized spacial score (nSPS) is 10.6. The zero-order valence-electron chi connectivity index (χ0n) is 12.9. The van der Waals surface area contributed by atoms with Crippen molar-refractivity contribution < 1.29 is 4.79 Å². The van der Waals surface area contributed by atoms with Crippen LogP contribution < -0.4 is 10.2 Å². The topological polar surface area (TPSA) is 45.2 Å². The Balaban J connectivity index is 1.95. The number of pyridine rings is 1. The number of nitrogens with one attached hydrogen (secondary N) is 1. The van der Waals surface area contributed by atoms with Crippen LogP contribution in [0.2, 0.25) is 5.15 Å². The number of anilines is 2. The fraction of sp³-hybridized carbons (Fsp3) is 0.111. The summed E-state index contributed by atoms with van der Waals surface area (Å²) in [7, 11) is 3.70. The first-order valence-electron chi connectivity index (χ1n) is 7.18. The van der Waals surface area contributed by atoms with Crippen molar-refractivity contribution in [1.82, 2.24) is 4.98 Å². The van der Waals surface area contributed by atoms with Crippen LogP contribution in [-0.2, 0) is 0 Å². The SMILES string of the molecule is CN(C)c1cc(C(=O)Nc2cccc3ccccc23)cc(Cl)n1. The van der Waals surface area contributed by atoms with Crippen molar-refractivity contribution in [2.45, 2.75) is 0 Å². The number of hydrogen-bond acceptors (Lipinski definition) is 3. The average Bonchev–Trinajstić information content (AvgIpc) is 2.54. The Labute approximate surface area is 139 Å². The number of rotatable bonds is 3. The van der Waals surface area contributed by atoms with Crippen LogP contribution in [0.25, 0.3) is 10.8 Å². The Kier molecular flexibility index (Phi) is 4.17. The third-order valence-electron chi connectivity index (χ3n) is 3.54. The number of fused-ring (bicyclic) bond motifs is 1. The van der Waals surface area contributed by atoms with Crippen LogP contribution in [0, 0.1) is 0 Å². The second-order valence-corrected chi connectivity index (χ2v) is 5.80. The molecular formula is C18H16ClN3O. The molecule has 1 N–H and O–H groups in total. The highest BCUT2D eigenvalue weighted by Gasteiger charge is 2.12. The van der Waals surface area contributed by atoms with Gasteiger partial charge < -0.3 is 10.2 Å². The van der Waals surface area contributed by atoms with Gasteiger partial charge in [0.25, 0.3) is 5.91 Å². The minimum atomic E-state index is -0.214. The fourth-order valence-corrected chi connectivity index (χ4v) is 2.58. The molecule has 23 heavy (non-hydrogen) atoms. The van der Waals surface area contributed by atoms with E-state index in [1.165, 1.54) is 0 Å². The summed E-state index contributed by atoms with van der Waals surface area (Å²) in [4.78, 5) is 18.6. The van der Waals surface area contributed by atoms with Gasteiger partial charge in [0.05, 0.1) is 0 Å². The number of nitrogens with zero attached hydrogens (tertiary/aromatic N) is 2. The van der Waals surface area contributed by atoms with Gasteiger partial charge in [-0.3, -0.25) is 4.79 Å². The van der Waals surface area contributed by atoms with E-state index in [-0.39, 0.29) is 5.91 Å². The van der Waals surface area contributed by atoms with Crippen LogP contribution in [-0.4, -0.2) is 25.0 Å². The standard InChI is InChI=1S/C18H16ClN3O/c1-22(2)17-11-13(10-16(19)21-17)18(23)20-15-9-5-7-12-6-3-4-8-14(12)15/h3-11H,1-2H3,(H,20,23). The Morgan fingerprint density at radius 3 is 2.61 bits per heavy atom. The van der Waals surface area contributed by atoms with Crippen LogP contribution in [0.4, 0.5) is 11.5 Å². The molecule has 0 spiro atoms. The Morgan fingerprint density at radius 1 is 1.09 bits per heavy atom. The quantitative estimate of drug-likeness (QED) is 0.734. The van der Waals surface area contributed by atoms with Gasteiger partial charge in [-0.2, -0.15) is 0 Å². The van der Waals surface area contributed by atoms with Crippen molar-refractivity contribution in [1.29, 1.82) is 0 Å². The summed E-state index contributed by atoms with van der Waals surface area (Å²) in [5.74, 6) is 0.425. The average molecular weight is 326 g/mol. The van der Waals surface area contributed by atoms with E-state index in [4.69, 9.17) is 11.6 Å². The van der Waals surface area contributed by atoms with Gasteiger partial charge in [-0.1, -0.05) is 48.0 Å². The van der Waals surface area contributed by atoms with Gasteiger partial charge in [0.1, 0.15) is 11.0 Å². The predicted octanol–water partition coefficient (Wildman–Crippen LogP) is 4.21. The van der Waals surface area contributed by atoms with Gasteiger partial charge in [0, 0.05) is 30.7 Å². The zero-order valence-corrected chi connectivity index (χ0v) is 13.6. The van der Waals surface area contributed by atoms with Gasteiger partial charge in [-0.05, 0) is 23.6 Å². The number of aromatic nitrogens is 1. The van der Waals surface area contributed by atoms with E-state index < -0.39 is 0 Å². The molecule has 2 aromatic carbocycles. The summed E-state index contributed by atoms with van der Waals surface area (Å²) in [6, 6.07) is 17.0. The van der Waals surface area contributed by atoms with Crippen molar-refractivity contribution >= 4 is 39.8 Å². The molecule has 0 aliphatic rings. The van der Waals surface area contributed by atoms with Crippen LogP contribution in [0.15, 0.2) is 54.6 Å². The summed E-state index contributed by atoms with van der Waals surface area (Å²) in [6.07, 6.45) is 0. The molecule has 5 heteroatoms. The molecule has 0 saturated carbocycles. The Morgan fingerprint density at radius 2 is 1.83 bits per heavy atom. The van der Waals surface area contributed by atoms with Crippen molar-refractivity contribution in [2.24, 2.45) is 0 Å². The summed E-state index contributed by atoms with van der Waals surface area (Å²) >= 11 is 6.02. The molecule has 0 unspecified atom stereocenters. The molecule has 0 atom stereocenters. The van der Waals surface area contributed by atoms with Crippen molar-refractivity contribution in [3.8, 4) is 0 Å². The maximum Gasteiger partial charge on any atom is 0.255 e. The van der Waals surface area contributed by atoms with E-state index >= 15 is 0 Å². The molecule has 0 bridgehead atoms. The number of amides is 1. The molecule has 1 amide bonds. The molecule has 3 aromatic rings. The monoisotopic (exact) mass is 325 g/mol. The summed E-state index contributed by atoms with van der Waals surface area (Å²) in [5, 5.41) is 5.31. The van der Waals surface area contributed by atoms with Crippen molar-refractivity contribution in [3.63, 3.8) is 0 Å². The molecule has 1 aromatic heterocycles. The highest BCUT2D eigenvalue weighted by molar-refractivity contribution is 6.30. The molecule has 4 nitrogen and oxygen atoms in total. The highest BCUT2D eigenvalue weighted by Crippen LogP contribution is 2.24. The summed E-state index contributed by atoms with van der Waals surface area (Å²) in [5.41, 5.74) is 1.24. The molecule has 116 valence electrons. The minimum absolute atomic E-state index is 0.214. The first kappa shape index (κ1) is 15.3. The van der Waals surface area contributed by atoms with E-state index in [9.17, 15) is 4.79 Å². The van der Waals surface area contributed by atoms with E-state index in [0.29, 0.717) is 16.5 Å². The first-order chi connectivity index (χ1) is 11.0. The predicted molar refractivity (Wildman–Crippen MR) is 95.5 cm³/mol. The molecule has 3 rings (SSSR count). The molecule has 0 fully saturated rings. The fourth-order valence-electron chi connectivity index (χ4n) is 2.37. The minimum Gasteiger partial charge on any atom is -0.363 e. The summed E-state index contributed by atoms with van der Waals surface area (Å²) < 4.78 is 0. The largest absolute Gasteiger partial charge is 0.363 e. The molecule has 0 radical (unpaired) electrons.